The number of hydrogen-bond donors (Lipinski definition) is 0. The maximum Gasteiger partial charge on any atom is 0.261 e. The van der Waals surface area contributed by atoms with Crippen LogP contribution >= 0.6 is 0 Å². The summed E-state index contributed by atoms with van der Waals surface area (Å²) in [5.74, 6) is 0.452. The number of fused-ring (bicyclic) bond motifs is 1. The molecule has 0 atom stereocenters. The molecule has 0 N–H and O–H groups in total. The van der Waals surface area contributed by atoms with Crippen LogP contribution in [0.2, 0.25) is 0 Å². The number of rotatable bonds is 4. The summed E-state index contributed by atoms with van der Waals surface area (Å²) in [5, 5.41) is 0.596. The summed E-state index contributed by atoms with van der Waals surface area (Å²) in [6.07, 6.45) is 0.801. The van der Waals surface area contributed by atoms with Crippen LogP contribution in [0.5, 0.6) is 0 Å². The van der Waals surface area contributed by atoms with E-state index in [-0.39, 0.29) is 11.5 Å². The lowest BCUT2D eigenvalue weighted by molar-refractivity contribution is 0.0828. The van der Waals surface area contributed by atoms with Crippen LogP contribution in [0.3, 0.4) is 0 Å². The van der Waals surface area contributed by atoms with Crippen molar-refractivity contribution in [1.82, 2.24) is 14.5 Å². The molecule has 3 aromatic rings. The number of carbonyl (C=O) groups is 1. The molecule has 0 aliphatic rings. The number of aryl methyl sites for hydroxylation is 1. The van der Waals surface area contributed by atoms with Crippen molar-refractivity contribution in [2.45, 2.75) is 26.8 Å². The molecular weight excluding hydrogens is 326 g/mol. The number of amides is 1. The zero-order valence-corrected chi connectivity index (χ0v) is 15.6. The van der Waals surface area contributed by atoms with Gasteiger partial charge in [0.05, 0.1) is 16.5 Å². The summed E-state index contributed by atoms with van der Waals surface area (Å²) < 4.78 is 1.69. The molecule has 0 aliphatic carbocycles. The predicted molar refractivity (Wildman–Crippen MR) is 104 cm³/mol. The highest BCUT2D eigenvalue weighted by Gasteiger charge is 2.21. The third kappa shape index (κ3) is 3.01. The second kappa shape index (κ2) is 7.12. The molecular formula is C21H23N3O2. The topological polar surface area (TPSA) is 55.2 Å². The summed E-state index contributed by atoms with van der Waals surface area (Å²) in [7, 11) is 3.45. The molecule has 0 unspecified atom stereocenters. The van der Waals surface area contributed by atoms with Gasteiger partial charge in [0.2, 0.25) is 0 Å². The first kappa shape index (κ1) is 17.9. The van der Waals surface area contributed by atoms with E-state index in [1.165, 1.54) is 0 Å². The van der Waals surface area contributed by atoms with Crippen molar-refractivity contribution in [3.8, 4) is 11.4 Å². The fraction of sp³-hybridized carbons (Fsp3) is 0.286. The zero-order valence-electron chi connectivity index (χ0n) is 15.6. The van der Waals surface area contributed by atoms with Crippen molar-refractivity contribution in [3.05, 3.63) is 63.9 Å². The Morgan fingerprint density at radius 3 is 2.54 bits per heavy atom. The Morgan fingerprint density at radius 2 is 1.85 bits per heavy atom. The fourth-order valence-corrected chi connectivity index (χ4v) is 3.17. The molecule has 26 heavy (non-hydrogen) atoms. The standard InChI is InChI=1S/C21H23N3O2/c1-5-13-24-19(22-17-12-7-6-10-15(17)21(24)26)18-14(2)9-8-11-16(18)20(25)23(3)4/h6-12H,5,13H2,1-4H3. The summed E-state index contributed by atoms with van der Waals surface area (Å²) in [6.45, 7) is 4.52. The first-order chi connectivity index (χ1) is 12.5. The van der Waals surface area contributed by atoms with Crippen molar-refractivity contribution in [2.24, 2.45) is 0 Å². The Labute approximate surface area is 152 Å². The maximum absolute atomic E-state index is 13.1. The van der Waals surface area contributed by atoms with E-state index in [2.05, 4.69) is 0 Å². The van der Waals surface area contributed by atoms with Crippen LogP contribution in [-0.4, -0.2) is 34.5 Å². The van der Waals surface area contributed by atoms with Gasteiger partial charge in [-0.25, -0.2) is 4.98 Å². The lowest BCUT2D eigenvalue weighted by Crippen LogP contribution is -2.26. The molecule has 0 bridgehead atoms. The minimum Gasteiger partial charge on any atom is -0.345 e. The van der Waals surface area contributed by atoms with Crippen LogP contribution in [0.1, 0.15) is 29.3 Å². The van der Waals surface area contributed by atoms with Crippen LogP contribution in [0.25, 0.3) is 22.3 Å². The predicted octanol–water partition coefficient (Wildman–Crippen LogP) is 3.48. The van der Waals surface area contributed by atoms with Crippen LogP contribution in [-0.2, 0) is 6.54 Å². The van der Waals surface area contributed by atoms with Gasteiger partial charge in [-0.15, -0.1) is 0 Å². The summed E-state index contributed by atoms with van der Waals surface area (Å²) in [5.41, 5.74) is 2.78. The lowest BCUT2D eigenvalue weighted by atomic mass is 9.99. The van der Waals surface area contributed by atoms with Gasteiger partial charge in [-0.3, -0.25) is 14.2 Å². The number of aromatic nitrogens is 2. The van der Waals surface area contributed by atoms with E-state index in [1.54, 1.807) is 35.7 Å². The SMILES string of the molecule is CCCn1c(-c2c(C)cccc2C(=O)N(C)C)nc2ccccc2c1=O. The van der Waals surface area contributed by atoms with Crippen molar-refractivity contribution >= 4 is 16.8 Å². The van der Waals surface area contributed by atoms with Gasteiger partial charge in [0.1, 0.15) is 5.82 Å². The zero-order chi connectivity index (χ0) is 18.8. The van der Waals surface area contributed by atoms with Crippen molar-refractivity contribution in [2.75, 3.05) is 14.1 Å². The fourth-order valence-electron chi connectivity index (χ4n) is 3.17. The van der Waals surface area contributed by atoms with Crippen molar-refractivity contribution < 1.29 is 4.79 Å². The normalized spacial score (nSPS) is 10.9. The van der Waals surface area contributed by atoms with Gasteiger partial charge in [-0.2, -0.15) is 0 Å². The van der Waals surface area contributed by atoms with Gasteiger partial charge in [0, 0.05) is 26.2 Å². The molecule has 0 saturated heterocycles. The van der Waals surface area contributed by atoms with Crippen LogP contribution in [0.15, 0.2) is 47.3 Å². The minimum absolute atomic E-state index is 0.0704. The third-order valence-corrected chi connectivity index (χ3v) is 4.44. The number of hydrogen-bond acceptors (Lipinski definition) is 3. The molecule has 134 valence electrons. The van der Waals surface area contributed by atoms with Gasteiger partial charge in [-0.1, -0.05) is 31.2 Å². The van der Waals surface area contributed by atoms with E-state index in [1.807, 2.05) is 44.2 Å². The maximum atomic E-state index is 13.1. The summed E-state index contributed by atoms with van der Waals surface area (Å²) >= 11 is 0. The van der Waals surface area contributed by atoms with Crippen LogP contribution < -0.4 is 5.56 Å². The monoisotopic (exact) mass is 349 g/mol. The average Bonchev–Trinajstić information content (AvgIpc) is 2.63. The van der Waals surface area contributed by atoms with E-state index >= 15 is 0 Å². The molecule has 0 aliphatic heterocycles. The van der Waals surface area contributed by atoms with E-state index in [0.717, 1.165) is 17.5 Å². The molecule has 5 heteroatoms. The van der Waals surface area contributed by atoms with Crippen molar-refractivity contribution in [1.29, 1.82) is 0 Å². The lowest BCUT2D eigenvalue weighted by Gasteiger charge is -2.19. The van der Waals surface area contributed by atoms with E-state index < -0.39 is 0 Å². The summed E-state index contributed by atoms with van der Waals surface area (Å²) in [6, 6.07) is 12.9. The minimum atomic E-state index is -0.103. The molecule has 1 heterocycles. The Hall–Kier alpha value is -2.95. The van der Waals surface area contributed by atoms with Crippen molar-refractivity contribution in [3.63, 3.8) is 0 Å². The Kier molecular flexibility index (Phi) is 4.89. The largest absolute Gasteiger partial charge is 0.345 e. The van der Waals surface area contributed by atoms with E-state index in [4.69, 9.17) is 4.98 Å². The molecule has 0 radical (unpaired) electrons. The third-order valence-electron chi connectivity index (χ3n) is 4.44. The summed E-state index contributed by atoms with van der Waals surface area (Å²) in [4.78, 5) is 32.1. The van der Waals surface area contributed by atoms with E-state index in [9.17, 15) is 9.59 Å². The van der Waals surface area contributed by atoms with Gasteiger partial charge < -0.3 is 4.90 Å². The molecule has 0 fully saturated rings. The van der Waals surface area contributed by atoms with Gasteiger partial charge in [0.25, 0.3) is 11.5 Å². The molecule has 2 aromatic carbocycles. The Bertz CT molecular complexity index is 1040. The first-order valence-corrected chi connectivity index (χ1v) is 8.77. The van der Waals surface area contributed by atoms with Gasteiger partial charge >= 0.3 is 0 Å². The highest BCUT2D eigenvalue weighted by atomic mass is 16.2. The van der Waals surface area contributed by atoms with Gasteiger partial charge in [-0.05, 0) is 37.1 Å². The number of para-hydroxylation sites is 1. The van der Waals surface area contributed by atoms with Crippen LogP contribution in [0, 0.1) is 6.92 Å². The van der Waals surface area contributed by atoms with Crippen LogP contribution in [0.4, 0.5) is 0 Å². The van der Waals surface area contributed by atoms with Gasteiger partial charge in [0.15, 0.2) is 0 Å². The van der Waals surface area contributed by atoms with E-state index in [0.29, 0.717) is 28.8 Å². The number of carbonyl (C=O) groups excluding carboxylic acids is 1. The number of benzene rings is 2. The molecule has 5 nitrogen and oxygen atoms in total. The second-order valence-electron chi connectivity index (χ2n) is 6.61. The number of nitrogens with zero attached hydrogens (tertiary/aromatic N) is 3. The highest BCUT2D eigenvalue weighted by molar-refractivity contribution is 6.01. The molecule has 0 spiro atoms. The molecule has 3 rings (SSSR count). The second-order valence-corrected chi connectivity index (χ2v) is 6.61. The first-order valence-electron chi connectivity index (χ1n) is 8.77. The smallest absolute Gasteiger partial charge is 0.261 e. The Morgan fingerprint density at radius 1 is 1.12 bits per heavy atom. The average molecular weight is 349 g/mol. The molecule has 1 amide bonds. The quantitative estimate of drug-likeness (QED) is 0.724. The Balaban J connectivity index is 2.41. The molecule has 1 aromatic heterocycles. The highest BCUT2D eigenvalue weighted by Crippen LogP contribution is 2.27. The molecule has 0 saturated carbocycles.